The molecule has 1 aliphatic heterocycles. The van der Waals surface area contributed by atoms with Crippen LogP contribution in [0.2, 0.25) is 0 Å². The summed E-state index contributed by atoms with van der Waals surface area (Å²) in [4.78, 5) is 4.52. The molecular formula is C31H24N2. The second-order valence-electron chi connectivity index (χ2n) is 8.88. The minimum atomic E-state index is 0.662. The highest BCUT2D eigenvalue weighted by molar-refractivity contribution is 6.30. The van der Waals surface area contributed by atoms with Gasteiger partial charge in [-0.15, -0.1) is 0 Å². The van der Waals surface area contributed by atoms with Gasteiger partial charge in [-0.2, -0.15) is 5.26 Å². The van der Waals surface area contributed by atoms with Crippen LogP contribution in [0.5, 0.6) is 0 Å². The molecule has 0 saturated heterocycles. The summed E-state index contributed by atoms with van der Waals surface area (Å²) >= 11 is 0. The topological polar surface area (TPSA) is 36.1 Å². The van der Waals surface area contributed by atoms with Gasteiger partial charge in [-0.05, 0) is 64.4 Å². The molecule has 0 unspecified atom stereocenters. The van der Waals surface area contributed by atoms with Crippen LogP contribution in [-0.4, -0.2) is 5.71 Å². The van der Waals surface area contributed by atoms with Crippen molar-refractivity contribution >= 4 is 38.5 Å². The zero-order chi connectivity index (χ0) is 22.2. The number of nitrogens with zero attached hydrogens (tertiary/aromatic N) is 2. The van der Waals surface area contributed by atoms with E-state index in [1.807, 2.05) is 24.3 Å². The van der Waals surface area contributed by atoms with Crippen LogP contribution >= 0.6 is 0 Å². The van der Waals surface area contributed by atoms with Crippen LogP contribution < -0.4 is 0 Å². The summed E-state index contributed by atoms with van der Waals surface area (Å²) in [5, 5.41) is 14.6. The van der Waals surface area contributed by atoms with Crippen LogP contribution in [0.25, 0.3) is 27.1 Å². The Morgan fingerprint density at radius 3 is 2.61 bits per heavy atom. The number of hydrogen-bond acceptors (Lipinski definition) is 2. The highest BCUT2D eigenvalue weighted by Gasteiger charge is 2.22. The number of rotatable bonds is 0. The number of fused-ring (bicyclic) bond motifs is 8. The van der Waals surface area contributed by atoms with Crippen molar-refractivity contribution in [3.63, 3.8) is 0 Å². The van der Waals surface area contributed by atoms with Crippen LogP contribution in [0.3, 0.4) is 0 Å². The molecule has 1 heterocycles. The standard InChI is InChI=1S/C18H16.C13H8N2/c1-3-7-15-13(5-1)9-11-18-16-8-4-2-6-14(16)10-12-17(15)18;14-8-9-4-3-6-11-10-5-1-2-7-12(10)15-13(9)11/h1,3,5,7,9-12H,2,4,6,8H2;1-6H,7H2. The van der Waals surface area contributed by atoms with E-state index in [0.29, 0.717) is 5.56 Å². The van der Waals surface area contributed by atoms with Gasteiger partial charge >= 0.3 is 0 Å². The number of aliphatic imine (C=N–C) groups is 1. The van der Waals surface area contributed by atoms with Crippen molar-refractivity contribution in [1.82, 2.24) is 0 Å². The van der Waals surface area contributed by atoms with Crippen molar-refractivity contribution in [1.29, 1.82) is 5.26 Å². The summed E-state index contributed by atoms with van der Waals surface area (Å²) < 4.78 is 0. The second kappa shape index (κ2) is 8.19. The average Bonchev–Trinajstić information content (AvgIpc) is 3.28. The van der Waals surface area contributed by atoms with E-state index in [1.54, 1.807) is 11.1 Å². The van der Waals surface area contributed by atoms with E-state index in [9.17, 15) is 0 Å². The first kappa shape index (κ1) is 19.7. The molecule has 2 aliphatic carbocycles. The van der Waals surface area contributed by atoms with Crippen molar-refractivity contribution in [3.05, 3.63) is 107 Å². The van der Waals surface area contributed by atoms with Crippen molar-refractivity contribution in [2.75, 3.05) is 0 Å². The molecule has 33 heavy (non-hydrogen) atoms. The Labute approximate surface area is 194 Å². The molecule has 0 spiro atoms. The molecule has 0 saturated carbocycles. The van der Waals surface area contributed by atoms with Crippen LogP contribution in [0.15, 0.2) is 90.0 Å². The van der Waals surface area contributed by atoms with Crippen molar-refractivity contribution < 1.29 is 0 Å². The first-order valence-corrected chi connectivity index (χ1v) is 11.7. The van der Waals surface area contributed by atoms with E-state index in [4.69, 9.17) is 5.26 Å². The van der Waals surface area contributed by atoms with Crippen LogP contribution in [0.4, 0.5) is 5.69 Å². The Balaban J connectivity index is 0.000000127. The largest absolute Gasteiger partial charge is 0.250 e. The number of benzene rings is 4. The number of aryl methyl sites for hydroxylation is 2. The molecule has 7 rings (SSSR count). The summed E-state index contributed by atoms with van der Waals surface area (Å²) in [6, 6.07) is 25.9. The van der Waals surface area contributed by atoms with E-state index < -0.39 is 0 Å². The summed E-state index contributed by atoms with van der Waals surface area (Å²) in [5.41, 5.74) is 8.02. The molecule has 2 heteroatoms. The first-order valence-electron chi connectivity index (χ1n) is 11.7. The number of nitriles is 1. The minimum absolute atomic E-state index is 0.662. The first-order chi connectivity index (χ1) is 16.3. The molecule has 0 N–H and O–H groups in total. The van der Waals surface area contributed by atoms with E-state index in [-0.39, 0.29) is 0 Å². The summed E-state index contributed by atoms with van der Waals surface area (Å²) in [6.07, 6.45) is 12.3. The predicted octanol–water partition coefficient (Wildman–Crippen LogP) is 7.86. The lowest BCUT2D eigenvalue weighted by Gasteiger charge is -2.18. The van der Waals surface area contributed by atoms with E-state index in [0.717, 1.165) is 23.4 Å². The van der Waals surface area contributed by atoms with Gasteiger partial charge in [0.2, 0.25) is 0 Å². The van der Waals surface area contributed by atoms with E-state index in [2.05, 4.69) is 71.7 Å². The van der Waals surface area contributed by atoms with Gasteiger partial charge in [-0.25, -0.2) is 0 Å². The van der Waals surface area contributed by atoms with Gasteiger partial charge in [0.25, 0.3) is 0 Å². The van der Waals surface area contributed by atoms with Gasteiger partial charge < -0.3 is 0 Å². The Bertz CT molecular complexity index is 1540. The van der Waals surface area contributed by atoms with Crippen molar-refractivity contribution in [2.45, 2.75) is 32.1 Å². The van der Waals surface area contributed by atoms with Crippen LogP contribution in [-0.2, 0) is 12.8 Å². The summed E-state index contributed by atoms with van der Waals surface area (Å²) in [6.45, 7) is 0. The normalized spacial score (nSPS) is 15.5. The van der Waals surface area contributed by atoms with E-state index >= 15 is 0 Å². The third-order valence-electron chi connectivity index (χ3n) is 6.97. The molecule has 4 aromatic carbocycles. The maximum atomic E-state index is 8.98. The Kier molecular flexibility index (Phi) is 4.89. The van der Waals surface area contributed by atoms with Gasteiger partial charge in [-0.1, -0.05) is 78.9 Å². The molecule has 0 amide bonds. The fourth-order valence-electron chi connectivity index (χ4n) is 5.35. The molecular weight excluding hydrogens is 400 g/mol. The zero-order valence-electron chi connectivity index (χ0n) is 18.5. The SMILES string of the molecule is N#Cc1cccc2c1N=C1CC=CC=C12.c1ccc2c(c1)ccc1c3c(ccc12)CCCC3. The quantitative estimate of drug-likeness (QED) is 0.265. The summed E-state index contributed by atoms with van der Waals surface area (Å²) in [5.74, 6) is 0. The second-order valence-corrected chi connectivity index (χ2v) is 8.88. The number of para-hydroxylation sites is 1. The van der Waals surface area contributed by atoms with E-state index in [1.165, 1.54) is 52.8 Å². The Morgan fingerprint density at radius 2 is 1.67 bits per heavy atom. The highest BCUT2D eigenvalue weighted by atomic mass is 14.8. The number of hydrogen-bond donors (Lipinski definition) is 0. The average molecular weight is 425 g/mol. The van der Waals surface area contributed by atoms with Crippen LogP contribution in [0, 0.1) is 11.3 Å². The summed E-state index contributed by atoms with van der Waals surface area (Å²) in [7, 11) is 0. The third-order valence-corrected chi connectivity index (χ3v) is 6.97. The highest BCUT2D eigenvalue weighted by Crippen LogP contribution is 2.39. The maximum Gasteiger partial charge on any atom is 0.101 e. The Morgan fingerprint density at radius 1 is 0.788 bits per heavy atom. The predicted molar refractivity (Wildman–Crippen MR) is 138 cm³/mol. The van der Waals surface area contributed by atoms with Crippen molar-refractivity contribution in [3.8, 4) is 6.07 Å². The molecule has 3 aliphatic rings. The Hall–Kier alpha value is -3.96. The van der Waals surface area contributed by atoms with Crippen molar-refractivity contribution in [2.24, 2.45) is 4.99 Å². The molecule has 0 aromatic heterocycles. The lowest BCUT2D eigenvalue weighted by atomic mass is 9.86. The zero-order valence-corrected chi connectivity index (χ0v) is 18.5. The monoisotopic (exact) mass is 424 g/mol. The molecule has 0 fully saturated rings. The molecule has 0 atom stereocenters. The van der Waals surface area contributed by atoms with Gasteiger partial charge in [0.15, 0.2) is 0 Å². The maximum absolute atomic E-state index is 8.98. The smallest absolute Gasteiger partial charge is 0.101 e. The van der Waals surface area contributed by atoms with Crippen LogP contribution in [0.1, 0.15) is 41.5 Å². The number of allylic oxidation sites excluding steroid dienone is 4. The lowest BCUT2D eigenvalue weighted by molar-refractivity contribution is 0.690. The van der Waals surface area contributed by atoms with Gasteiger partial charge in [0.05, 0.1) is 17.0 Å². The fraction of sp³-hybridized carbons (Fsp3) is 0.161. The molecule has 2 nitrogen and oxygen atoms in total. The molecule has 4 aromatic rings. The molecule has 0 radical (unpaired) electrons. The lowest BCUT2D eigenvalue weighted by Crippen LogP contribution is -2.02. The minimum Gasteiger partial charge on any atom is -0.250 e. The molecule has 158 valence electrons. The fourth-order valence-corrected chi connectivity index (χ4v) is 5.35. The van der Waals surface area contributed by atoms with Gasteiger partial charge in [-0.3, -0.25) is 4.99 Å². The van der Waals surface area contributed by atoms with Gasteiger partial charge in [0, 0.05) is 17.6 Å². The van der Waals surface area contributed by atoms with Gasteiger partial charge in [0.1, 0.15) is 6.07 Å². The molecule has 0 bridgehead atoms. The third kappa shape index (κ3) is 3.38.